The molecular weight excluding hydrogens is 322 g/mol. The summed E-state index contributed by atoms with van der Waals surface area (Å²) < 4.78 is 2.05. The number of aryl methyl sites for hydroxylation is 1. The van der Waals surface area contributed by atoms with E-state index in [2.05, 4.69) is 36.2 Å². The van der Waals surface area contributed by atoms with Crippen molar-refractivity contribution in [2.45, 2.75) is 31.7 Å². The van der Waals surface area contributed by atoms with Crippen molar-refractivity contribution in [3.05, 3.63) is 71.8 Å². The van der Waals surface area contributed by atoms with E-state index in [1.165, 1.54) is 11.1 Å². The van der Waals surface area contributed by atoms with Crippen molar-refractivity contribution in [1.29, 1.82) is 0 Å². The highest BCUT2D eigenvalue weighted by Gasteiger charge is 2.53. The van der Waals surface area contributed by atoms with Crippen LogP contribution in [0.3, 0.4) is 0 Å². The van der Waals surface area contributed by atoms with Gasteiger partial charge >= 0.3 is 0 Å². The highest BCUT2D eigenvalue weighted by molar-refractivity contribution is 5.95. The molecule has 0 atom stereocenters. The van der Waals surface area contributed by atoms with Gasteiger partial charge < -0.3 is 9.47 Å². The minimum atomic E-state index is -0.146. The maximum atomic E-state index is 13.0. The number of rotatable bonds is 2. The van der Waals surface area contributed by atoms with Crippen LogP contribution < -0.4 is 0 Å². The minimum absolute atomic E-state index is 0.0980. The Labute approximate surface area is 153 Å². The first-order valence-electron chi connectivity index (χ1n) is 9.20. The number of amides is 1. The van der Waals surface area contributed by atoms with E-state index in [1.807, 2.05) is 47.1 Å². The zero-order chi connectivity index (χ0) is 17.9. The topological polar surface area (TPSA) is 38.1 Å². The van der Waals surface area contributed by atoms with Gasteiger partial charge in [-0.05, 0) is 49.1 Å². The van der Waals surface area contributed by atoms with Gasteiger partial charge in [-0.3, -0.25) is 9.78 Å². The number of benzene rings is 1. The number of carbonyl (C=O) groups excluding carboxylic acids is 1. The fourth-order valence-corrected chi connectivity index (χ4v) is 4.31. The van der Waals surface area contributed by atoms with Gasteiger partial charge in [-0.1, -0.05) is 25.1 Å². The highest BCUT2D eigenvalue weighted by Crippen LogP contribution is 2.54. The largest absolute Gasteiger partial charge is 0.331 e. The molecule has 0 unspecified atom stereocenters. The Bertz CT molecular complexity index is 1030. The molecule has 0 N–H and O–H groups in total. The van der Waals surface area contributed by atoms with E-state index in [0.29, 0.717) is 0 Å². The van der Waals surface area contributed by atoms with Crippen molar-refractivity contribution in [3.8, 4) is 16.8 Å². The lowest BCUT2D eigenvalue weighted by molar-refractivity contribution is 0.0705. The third-order valence-electron chi connectivity index (χ3n) is 5.93. The van der Waals surface area contributed by atoms with Crippen LogP contribution in [-0.2, 0) is 12.0 Å². The van der Waals surface area contributed by atoms with E-state index in [1.54, 1.807) is 0 Å². The zero-order valence-corrected chi connectivity index (χ0v) is 15.1. The second-order valence-electron chi connectivity index (χ2n) is 7.24. The van der Waals surface area contributed by atoms with Gasteiger partial charge in [-0.15, -0.1) is 0 Å². The Morgan fingerprint density at radius 1 is 1.15 bits per heavy atom. The first-order valence-corrected chi connectivity index (χ1v) is 9.20. The standard InChI is InChI=1S/C22H21N3O/c1-3-18-16(6-4-12-23-18)15-8-9-17-20(14-15)25-13-5-7-19(25)21(26)24(2)22(17)10-11-22/h4-9,12-14H,3,10-11H2,1-2H3. The SMILES string of the molecule is CCc1ncccc1-c1ccc2c(c1)-n1cccc1C(=O)N(C)C21CC1. The van der Waals surface area contributed by atoms with Gasteiger partial charge in [0.1, 0.15) is 5.69 Å². The van der Waals surface area contributed by atoms with Gasteiger partial charge in [0, 0.05) is 36.3 Å². The molecule has 0 saturated heterocycles. The van der Waals surface area contributed by atoms with Crippen molar-refractivity contribution in [2.24, 2.45) is 0 Å². The normalized spacial score (nSPS) is 17.0. The van der Waals surface area contributed by atoms with E-state index < -0.39 is 0 Å². The lowest BCUT2D eigenvalue weighted by Gasteiger charge is -2.27. The Morgan fingerprint density at radius 3 is 2.77 bits per heavy atom. The van der Waals surface area contributed by atoms with Crippen LogP contribution in [0.2, 0.25) is 0 Å². The summed E-state index contributed by atoms with van der Waals surface area (Å²) in [5.74, 6) is 0.0980. The average Bonchev–Trinajstić information content (AvgIpc) is 3.36. The first-order chi connectivity index (χ1) is 12.7. The number of hydrogen-bond acceptors (Lipinski definition) is 2. The molecule has 1 aliphatic carbocycles. The lowest BCUT2D eigenvalue weighted by atomic mass is 9.95. The van der Waals surface area contributed by atoms with Gasteiger partial charge in [-0.2, -0.15) is 0 Å². The van der Waals surface area contributed by atoms with Crippen molar-refractivity contribution >= 4 is 5.91 Å². The predicted molar refractivity (Wildman–Crippen MR) is 101 cm³/mol. The van der Waals surface area contributed by atoms with Crippen LogP contribution in [0.25, 0.3) is 16.8 Å². The average molecular weight is 343 g/mol. The van der Waals surface area contributed by atoms with Crippen LogP contribution in [0.5, 0.6) is 0 Å². The number of pyridine rings is 1. The second-order valence-corrected chi connectivity index (χ2v) is 7.24. The summed E-state index contributed by atoms with van der Waals surface area (Å²) in [5.41, 5.74) is 6.37. The summed E-state index contributed by atoms with van der Waals surface area (Å²) in [7, 11) is 1.94. The van der Waals surface area contributed by atoms with Crippen LogP contribution in [0.1, 0.15) is 41.5 Å². The Kier molecular flexibility index (Phi) is 3.14. The summed E-state index contributed by atoms with van der Waals surface area (Å²) in [5, 5.41) is 0. The van der Waals surface area contributed by atoms with Crippen LogP contribution in [0, 0.1) is 0 Å². The molecule has 0 bridgehead atoms. The third-order valence-corrected chi connectivity index (χ3v) is 5.93. The van der Waals surface area contributed by atoms with E-state index in [4.69, 9.17) is 0 Å². The molecule has 3 heterocycles. The fourth-order valence-electron chi connectivity index (χ4n) is 4.31. The van der Waals surface area contributed by atoms with E-state index in [0.717, 1.165) is 41.9 Å². The molecule has 2 aromatic heterocycles. The van der Waals surface area contributed by atoms with Crippen molar-refractivity contribution < 1.29 is 4.79 Å². The number of hydrogen-bond donors (Lipinski definition) is 0. The van der Waals surface area contributed by atoms with Gasteiger partial charge in [0.25, 0.3) is 5.91 Å². The maximum absolute atomic E-state index is 13.0. The first kappa shape index (κ1) is 15.4. The number of aromatic nitrogens is 2. The summed E-state index contributed by atoms with van der Waals surface area (Å²) in [6.45, 7) is 2.13. The fraction of sp³-hybridized carbons (Fsp3) is 0.273. The summed E-state index contributed by atoms with van der Waals surface area (Å²) in [6.07, 6.45) is 6.80. The number of fused-ring (bicyclic) bond motifs is 4. The molecule has 0 radical (unpaired) electrons. The Balaban J connectivity index is 1.77. The Hall–Kier alpha value is -2.88. The molecule has 5 rings (SSSR count). The van der Waals surface area contributed by atoms with Crippen LogP contribution in [0.15, 0.2) is 54.9 Å². The maximum Gasteiger partial charge on any atom is 0.271 e. The van der Waals surface area contributed by atoms with Crippen LogP contribution in [-0.4, -0.2) is 27.4 Å². The second kappa shape index (κ2) is 5.31. The lowest BCUT2D eigenvalue weighted by Crippen LogP contribution is -2.36. The monoisotopic (exact) mass is 343 g/mol. The highest BCUT2D eigenvalue weighted by atomic mass is 16.2. The Morgan fingerprint density at radius 2 is 2.00 bits per heavy atom. The van der Waals surface area contributed by atoms with Crippen LogP contribution in [0.4, 0.5) is 0 Å². The van der Waals surface area contributed by atoms with Gasteiger partial charge in [0.15, 0.2) is 0 Å². The summed E-state index contributed by atoms with van der Waals surface area (Å²) in [4.78, 5) is 19.4. The zero-order valence-electron chi connectivity index (χ0n) is 15.1. The molecule has 26 heavy (non-hydrogen) atoms. The van der Waals surface area contributed by atoms with E-state index in [9.17, 15) is 4.79 Å². The predicted octanol–water partition coefficient (Wildman–Crippen LogP) is 4.18. The molecule has 3 aromatic rings. The quantitative estimate of drug-likeness (QED) is 0.700. The molecule has 1 fully saturated rings. The third kappa shape index (κ3) is 1.96. The molecule has 4 nitrogen and oxygen atoms in total. The van der Waals surface area contributed by atoms with Crippen molar-refractivity contribution in [3.63, 3.8) is 0 Å². The van der Waals surface area contributed by atoms with E-state index in [-0.39, 0.29) is 11.4 Å². The molecule has 1 aliphatic heterocycles. The summed E-state index contributed by atoms with van der Waals surface area (Å²) >= 11 is 0. The molecule has 2 aliphatic rings. The smallest absolute Gasteiger partial charge is 0.271 e. The van der Waals surface area contributed by atoms with Gasteiger partial charge in [-0.25, -0.2) is 0 Å². The molecule has 4 heteroatoms. The summed E-state index contributed by atoms with van der Waals surface area (Å²) in [6, 6.07) is 14.6. The number of nitrogens with zero attached hydrogens (tertiary/aromatic N) is 3. The number of carbonyl (C=O) groups is 1. The molecule has 1 saturated carbocycles. The molecule has 1 aromatic carbocycles. The van der Waals surface area contributed by atoms with Gasteiger partial charge in [0.2, 0.25) is 0 Å². The molecule has 1 amide bonds. The van der Waals surface area contributed by atoms with Crippen LogP contribution >= 0.6 is 0 Å². The van der Waals surface area contributed by atoms with Crippen molar-refractivity contribution in [1.82, 2.24) is 14.5 Å². The molecule has 130 valence electrons. The minimum Gasteiger partial charge on any atom is -0.331 e. The van der Waals surface area contributed by atoms with Gasteiger partial charge in [0.05, 0.1) is 11.2 Å². The van der Waals surface area contributed by atoms with Crippen molar-refractivity contribution in [2.75, 3.05) is 7.05 Å². The molecule has 1 spiro atoms. The van der Waals surface area contributed by atoms with E-state index >= 15 is 0 Å². The molecular formula is C22H21N3O.